The van der Waals surface area contributed by atoms with E-state index in [0.717, 1.165) is 43.1 Å². The highest BCUT2D eigenvalue weighted by Gasteiger charge is 2.55. The smallest absolute Gasteiger partial charge is 0.336 e. The lowest BCUT2D eigenvalue weighted by Gasteiger charge is -2.50. The van der Waals surface area contributed by atoms with Gasteiger partial charge in [0.1, 0.15) is 0 Å². The molecule has 1 fully saturated rings. The summed E-state index contributed by atoms with van der Waals surface area (Å²) >= 11 is 0. The van der Waals surface area contributed by atoms with Crippen LogP contribution in [0.4, 0.5) is 0 Å². The van der Waals surface area contributed by atoms with Crippen molar-refractivity contribution in [3.05, 3.63) is 69.8 Å². The highest BCUT2D eigenvalue weighted by molar-refractivity contribution is 6.93. The molecule has 0 aromatic heterocycles. The summed E-state index contributed by atoms with van der Waals surface area (Å²) in [5, 5.41) is 24.4. The van der Waals surface area contributed by atoms with Crippen LogP contribution in [0.5, 0.6) is 0 Å². The standard InChI is InChI=1S/C33H50N2O11Si4/c1-9-12-19-49(7)43-47(5,10-2)45-50(8,46-48(6,11-3)44-49)20-13-18-35-31(38)28-22-24(15-17-26(28)33(41)42)29(36)23-14-16-25(32(39)40)27(21-23)30(37)34-4/h14-17,21-22H,9-13,18-20H2,1-8H3,(H,34,37)(H,35,38)(H,39,40)(H,41,42). The second-order valence-corrected chi connectivity index (χ2v) is 27.9. The summed E-state index contributed by atoms with van der Waals surface area (Å²) in [4.78, 5) is 62.8. The summed E-state index contributed by atoms with van der Waals surface area (Å²) in [6.45, 7) is 14.8. The Bertz CT molecular complexity index is 1600. The number of benzene rings is 2. The predicted octanol–water partition coefficient (Wildman–Crippen LogP) is 6.00. The molecule has 4 N–H and O–H groups in total. The van der Waals surface area contributed by atoms with Gasteiger partial charge in [-0.1, -0.05) is 45.7 Å². The zero-order valence-corrected chi connectivity index (χ0v) is 34.2. The summed E-state index contributed by atoms with van der Waals surface area (Å²) in [5.41, 5.74) is -1.02. The van der Waals surface area contributed by atoms with Crippen molar-refractivity contribution in [2.24, 2.45) is 0 Å². The number of carboxylic acid groups (broad SMARTS) is 2. The number of carbonyl (C=O) groups is 5. The average molecular weight is 763 g/mol. The minimum absolute atomic E-state index is 0.00741. The van der Waals surface area contributed by atoms with Gasteiger partial charge in [-0.25, -0.2) is 9.59 Å². The molecule has 0 spiro atoms. The molecule has 1 aliphatic rings. The van der Waals surface area contributed by atoms with Crippen LogP contribution in [0.3, 0.4) is 0 Å². The number of aromatic carboxylic acids is 2. The SMILES string of the molecule is CCCC[Si]1(C)O[Si](C)(CC)O[Si](C)(CCCNC(=O)c2cc(C(=O)c3ccc(C(=O)O)c(C(=O)NC)c3)ccc2C(=O)O)O[Si](C)(CC)O1. The zero-order chi connectivity index (χ0) is 37.5. The van der Waals surface area contributed by atoms with Gasteiger partial charge in [0.25, 0.3) is 11.8 Å². The second kappa shape index (κ2) is 16.8. The highest BCUT2D eigenvalue weighted by Crippen LogP contribution is 2.37. The van der Waals surface area contributed by atoms with Crippen LogP contribution in [0.1, 0.15) is 97.4 Å². The number of hydrogen-bond acceptors (Lipinski definition) is 9. The van der Waals surface area contributed by atoms with E-state index in [1.807, 2.05) is 6.55 Å². The van der Waals surface area contributed by atoms with Crippen molar-refractivity contribution in [1.29, 1.82) is 0 Å². The molecule has 1 saturated heterocycles. The van der Waals surface area contributed by atoms with Crippen molar-refractivity contribution < 1.29 is 50.6 Å². The zero-order valence-electron chi connectivity index (χ0n) is 30.2. The average Bonchev–Trinajstić information content (AvgIpc) is 3.06. The molecule has 2 unspecified atom stereocenters. The van der Waals surface area contributed by atoms with Crippen LogP contribution in [0.2, 0.25) is 50.4 Å². The van der Waals surface area contributed by atoms with E-state index in [1.165, 1.54) is 31.3 Å². The number of hydrogen-bond donors (Lipinski definition) is 4. The molecule has 3 rings (SSSR count). The minimum Gasteiger partial charge on any atom is -0.478 e. The van der Waals surface area contributed by atoms with Gasteiger partial charge in [-0.15, -0.1) is 0 Å². The fourth-order valence-electron chi connectivity index (χ4n) is 6.03. The normalized spacial score (nSPS) is 25.2. The fourth-order valence-corrected chi connectivity index (χ4v) is 28.6. The molecular formula is C33H50N2O11Si4. The maximum absolute atomic E-state index is 13.4. The lowest BCUT2D eigenvalue weighted by molar-refractivity contribution is 0.0682. The number of nitrogens with one attached hydrogen (secondary N) is 2. The lowest BCUT2D eigenvalue weighted by Crippen LogP contribution is -2.67. The van der Waals surface area contributed by atoms with Crippen LogP contribution < -0.4 is 10.6 Å². The van der Waals surface area contributed by atoms with E-state index >= 15 is 0 Å². The molecule has 2 amide bonds. The van der Waals surface area contributed by atoms with Crippen LogP contribution in [0.25, 0.3) is 0 Å². The number of amides is 2. The molecule has 0 bridgehead atoms. The van der Waals surface area contributed by atoms with Gasteiger partial charge in [-0.2, -0.15) is 0 Å². The van der Waals surface area contributed by atoms with Crippen molar-refractivity contribution in [1.82, 2.24) is 10.6 Å². The van der Waals surface area contributed by atoms with E-state index in [1.54, 1.807) is 0 Å². The molecule has 1 aliphatic heterocycles. The van der Waals surface area contributed by atoms with Crippen molar-refractivity contribution in [2.45, 2.75) is 90.4 Å². The number of unbranched alkanes of at least 4 members (excludes halogenated alkanes) is 1. The maximum Gasteiger partial charge on any atom is 0.336 e. The molecule has 17 heteroatoms. The van der Waals surface area contributed by atoms with Gasteiger partial charge in [-0.05, 0) is 81.1 Å². The van der Waals surface area contributed by atoms with Crippen molar-refractivity contribution >= 4 is 63.8 Å². The van der Waals surface area contributed by atoms with Gasteiger partial charge < -0.3 is 37.3 Å². The minimum atomic E-state index is -2.85. The maximum atomic E-state index is 13.4. The first-order valence-electron chi connectivity index (χ1n) is 17.0. The molecule has 274 valence electrons. The molecule has 0 radical (unpaired) electrons. The first-order chi connectivity index (χ1) is 23.4. The summed E-state index contributed by atoms with van der Waals surface area (Å²) < 4.78 is 27.6. The van der Waals surface area contributed by atoms with Crippen LogP contribution in [0, 0.1) is 0 Å². The third-order valence-corrected chi connectivity index (χ3v) is 27.7. The molecule has 13 nitrogen and oxygen atoms in total. The molecule has 0 saturated carbocycles. The monoisotopic (exact) mass is 762 g/mol. The topological polar surface area (TPSA) is 187 Å². The van der Waals surface area contributed by atoms with E-state index in [-0.39, 0.29) is 39.9 Å². The summed E-state index contributed by atoms with van der Waals surface area (Å²) in [6.07, 6.45) is 2.54. The van der Waals surface area contributed by atoms with Gasteiger partial charge in [0.15, 0.2) is 5.78 Å². The Labute approximate surface area is 298 Å². The van der Waals surface area contributed by atoms with Gasteiger partial charge in [0, 0.05) is 24.7 Å². The number of ketones is 1. The third kappa shape index (κ3) is 10.2. The lowest BCUT2D eigenvalue weighted by atomic mass is 9.95. The Morgan fingerprint density at radius 2 is 1.04 bits per heavy atom. The largest absolute Gasteiger partial charge is 0.478 e. The van der Waals surface area contributed by atoms with Crippen LogP contribution in [-0.4, -0.2) is 87.6 Å². The summed E-state index contributed by atoms with van der Waals surface area (Å²) in [5.74, 6) is -4.68. The quantitative estimate of drug-likeness (QED) is 0.0947. The van der Waals surface area contributed by atoms with Crippen LogP contribution >= 0.6 is 0 Å². The number of rotatable bonds is 15. The summed E-state index contributed by atoms with van der Waals surface area (Å²) in [6, 6.07) is 10.1. The Kier molecular flexibility index (Phi) is 13.8. The molecule has 50 heavy (non-hydrogen) atoms. The highest BCUT2D eigenvalue weighted by atomic mass is 28.5. The van der Waals surface area contributed by atoms with Crippen LogP contribution in [0.15, 0.2) is 36.4 Å². The van der Waals surface area contributed by atoms with Gasteiger partial charge in [0.05, 0.1) is 22.3 Å². The molecule has 2 aromatic rings. The fraction of sp³-hybridized carbons (Fsp3) is 0.485. The molecule has 1 heterocycles. The molecule has 2 aromatic carbocycles. The summed E-state index contributed by atoms with van der Waals surface area (Å²) in [7, 11) is -9.37. The van der Waals surface area contributed by atoms with Crippen molar-refractivity contribution in [2.75, 3.05) is 13.6 Å². The van der Waals surface area contributed by atoms with E-state index < -0.39 is 63.8 Å². The second-order valence-electron chi connectivity index (χ2n) is 13.2. The van der Waals surface area contributed by atoms with Crippen molar-refractivity contribution in [3.8, 4) is 0 Å². The Morgan fingerprint density at radius 3 is 1.42 bits per heavy atom. The Balaban J connectivity index is 1.80. The van der Waals surface area contributed by atoms with E-state index in [4.69, 9.17) is 16.5 Å². The first-order valence-corrected chi connectivity index (χ1v) is 27.1. The Morgan fingerprint density at radius 1 is 0.620 bits per heavy atom. The number of carbonyl (C=O) groups excluding carboxylic acids is 3. The van der Waals surface area contributed by atoms with E-state index in [9.17, 15) is 34.2 Å². The Hall–Kier alpha value is -3.30. The number of carboxylic acids is 2. The van der Waals surface area contributed by atoms with Crippen molar-refractivity contribution in [3.63, 3.8) is 0 Å². The van der Waals surface area contributed by atoms with E-state index in [0.29, 0.717) is 12.5 Å². The van der Waals surface area contributed by atoms with Crippen LogP contribution in [-0.2, 0) is 16.5 Å². The first kappa shape index (κ1) is 41.1. The molecule has 0 aliphatic carbocycles. The van der Waals surface area contributed by atoms with Gasteiger partial charge >= 0.3 is 46.2 Å². The van der Waals surface area contributed by atoms with E-state index in [2.05, 4.69) is 51.0 Å². The molecule has 2 atom stereocenters. The van der Waals surface area contributed by atoms with Gasteiger partial charge in [-0.3, -0.25) is 14.4 Å². The third-order valence-electron chi connectivity index (χ3n) is 8.83. The predicted molar refractivity (Wildman–Crippen MR) is 197 cm³/mol. The van der Waals surface area contributed by atoms with Gasteiger partial charge in [0.2, 0.25) is 0 Å². The molecular weight excluding hydrogens is 713 g/mol.